The van der Waals surface area contributed by atoms with Gasteiger partial charge >= 0.3 is 17.9 Å². The quantitative estimate of drug-likeness (QED) is 0.0921. The molecule has 0 radical (unpaired) electrons. The summed E-state index contributed by atoms with van der Waals surface area (Å²) in [6.45, 7) is 4.27. The van der Waals surface area contributed by atoms with Gasteiger partial charge < -0.3 is 38.6 Å². The molecule has 0 amide bonds. The summed E-state index contributed by atoms with van der Waals surface area (Å²) in [7, 11) is 6.28. The fraction of sp³-hybridized carbons (Fsp3) is 0.268. The third-order valence-electron chi connectivity index (χ3n) is 8.32. The molecule has 304 valence electrons. The molecule has 0 atom stereocenters. The van der Waals surface area contributed by atoms with E-state index in [0.717, 1.165) is 33.8 Å². The summed E-state index contributed by atoms with van der Waals surface area (Å²) >= 11 is 2.36. The molecule has 0 spiro atoms. The van der Waals surface area contributed by atoms with Crippen molar-refractivity contribution in [2.45, 2.75) is 26.9 Å². The second-order valence-electron chi connectivity index (χ2n) is 12.1. The smallest absolute Gasteiger partial charge is 0.360 e. The second-order valence-corrected chi connectivity index (χ2v) is 14.1. The van der Waals surface area contributed by atoms with Crippen LogP contribution in [0.3, 0.4) is 0 Å². The Balaban J connectivity index is 0.000000240. The van der Waals surface area contributed by atoms with Gasteiger partial charge in [0.25, 0.3) is 0 Å². The highest BCUT2D eigenvalue weighted by atomic mass is 32.1. The molecular weight excluding hydrogens is 789 g/mol. The first-order valence-electron chi connectivity index (χ1n) is 17.8. The van der Waals surface area contributed by atoms with Crippen LogP contribution in [0.5, 0.6) is 28.7 Å². The van der Waals surface area contributed by atoms with Crippen LogP contribution >= 0.6 is 22.7 Å². The normalized spacial score (nSPS) is 10.7. The van der Waals surface area contributed by atoms with Crippen molar-refractivity contribution in [3.63, 3.8) is 0 Å². The highest BCUT2D eigenvalue weighted by molar-refractivity contribution is 7.22. The van der Waals surface area contributed by atoms with Crippen molar-refractivity contribution in [1.29, 1.82) is 0 Å². The Kier molecular flexibility index (Phi) is 14.9. The number of aromatic carboxylic acids is 1. The molecule has 0 bridgehead atoms. The number of carbonyl (C=O) groups is 3. The summed E-state index contributed by atoms with van der Waals surface area (Å²) in [6, 6.07) is 20.1. The average Bonchev–Trinajstić information content (AvgIpc) is 3.87. The van der Waals surface area contributed by atoms with Gasteiger partial charge in [-0.3, -0.25) is 9.69 Å². The lowest BCUT2D eigenvalue weighted by molar-refractivity contribution is -0.144. The minimum Gasteiger partial charge on any atom is -0.504 e. The molecule has 0 aliphatic rings. The van der Waals surface area contributed by atoms with E-state index >= 15 is 0 Å². The minimum absolute atomic E-state index is 0.0475. The summed E-state index contributed by atoms with van der Waals surface area (Å²) in [5.41, 5.74) is 3.20. The minimum atomic E-state index is -1.08. The number of carboxylic acids is 1. The van der Waals surface area contributed by atoms with E-state index < -0.39 is 17.9 Å². The average molecular weight is 831 g/mol. The number of aromatic nitrogens is 3. The number of carbonyl (C=O) groups excluding carboxylic acids is 2. The summed E-state index contributed by atoms with van der Waals surface area (Å²) in [5, 5.41) is 21.4. The van der Waals surface area contributed by atoms with Crippen molar-refractivity contribution in [3.05, 3.63) is 94.8 Å². The number of ether oxygens (including phenoxy) is 6. The standard InChI is InChI=1S/C25H28N2O7S.C16H14N2O4S/c1-5-34-22(28)15-27(13-17-9-10-19(32-3)12-21(17)33-4)14-20-23(25(29)30)35-24(26-20)16-7-6-8-18(11-16)31-2;1-3-22-16(20)12-13(19)14-11(8-17-12)18-15(23-14)9-5-4-6-10(7-9)21-2/h6-12H,5,13-15H2,1-4H3,(H,29,30);4-8,19H,3H2,1-2H3. The number of fused-ring (bicyclic) bond motifs is 1. The molecule has 0 aliphatic carbocycles. The zero-order valence-electron chi connectivity index (χ0n) is 32.6. The van der Waals surface area contributed by atoms with Crippen LogP contribution in [0.2, 0.25) is 0 Å². The number of aromatic hydroxyl groups is 1. The van der Waals surface area contributed by atoms with Crippen molar-refractivity contribution in [2.24, 2.45) is 0 Å². The van der Waals surface area contributed by atoms with Crippen LogP contribution in [0.4, 0.5) is 0 Å². The molecule has 0 aliphatic heterocycles. The number of rotatable bonds is 16. The highest BCUT2D eigenvalue weighted by Gasteiger charge is 2.24. The molecule has 17 heteroatoms. The maximum atomic E-state index is 12.3. The van der Waals surface area contributed by atoms with E-state index in [1.54, 1.807) is 71.5 Å². The van der Waals surface area contributed by atoms with E-state index in [4.69, 9.17) is 28.4 Å². The molecule has 15 nitrogen and oxygen atoms in total. The van der Waals surface area contributed by atoms with Gasteiger partial charge in [-0.15, -0.1) is 22.7 Å². The summed E-state index contributed by atoms with van der Waals surface area (Å²) in [4.78, 5) is 51.1. The lowest BCUT2D eigenvalue weighted by Gasteiger charge is -2.22. The Morgan fingerprint density at radius 1 is 0.741 bits per heavy atom. The molecular formula is C41H42N4O11S2. The first kappa shape index (κ1) is 42.8. The third-order valence-corrected chi connectivity index (χ3v) is 10.6. The van der Waals surface area contributed by atoms with Gasteiger partial charge in [-0.2, -0.15) is 0 Å². The largest absolute Gasteiger partial charge is 0.504 e. The SMILES string of the molecule is CCOC(=O)CN(Cc1ccc(OC)cc1OC)Cc1nc(-c2cccc(OC)c2)sc1C(=O)O.CCOC(=O)c1ncc2nc(-c3cccc(OC)c3)sc2c1O. The van der Waals surface area contributed by atoms with Crippen molar-refractivity contribution in [1.82, 2.24) is 19.9 Å². The highest BCUT2D eigenvalue weighted by Crippen LogP contribution is 2.38. The van der Waals surface area contributed by atoms with E-state index in [2.05, 4.69) is 15.0 Å². The van der Waals surface area contributed by atoms with Crippen LogP contribution < -0.4 is 18.9 Å². The van der Waals surface area contributed by atoms with Gasteiger partial charge in [0.1, 0.15) is 48.1 Å². The van der Waals surface area contributed by atoms with E-state index in [1.807, 2.05) is 42.5 Å². The number of carboxylic acid groups (broad SMARTS) is 1. The molecule has 0 saturated heterocycles. The first-order chi connectivity index (χ1) is 28.0. The molecule has 0 saturated carbocycles. The molecule has 0 fully saturated rings. The van der Waals surface area contributed by atoms with Crippen molar-refractivity contribution < 1.29 is 53.0 Å². The second kappa shape index (κ2) is 20.2. The molecule has 58 heavy (non-hydrogen) atoms. The van der Waals surface area contributed by atoms with E-state index in [0.29, 0.717) is 49.7 Å². The maximum absolute atomic E-state index is 12.3. The summed E-state index contributed by atoms with van der Waals surface area (Å²) < 4.78 is 31.8. The predicted molar refractivity (Wildman–Crippen MR) is 218 cm³/mol. The van der Waals surface area contributed by atoms with Gasteiger partial charge in [0.05, 0.1) is 60.1 Å². The van der Waals surface area contributed by atoms with E-state index in [1.165, 1.54) is 17.5 Å². The zero-order chi connectivity index (χ0) is 41.8. The number of methoxy groups -OCH3 is 4. The monoisotopic (exact) mass is 830 g/mol. The van der Waals surface area contributed by atoms with Crippen molar-refractivity contribution in [3.8, 4) is 49.9 Å². The molecule has 3 aromatic heterocycles. The fourth-order valence-corrected chi connectivity index (χ4v) is 7.50. The first-order valence-corrected chi connectivity index (χ1v) is 19.4. The maximum Gasteiger partial charge on any atom is 0.360 e. The topological polar surface area (TPSA) is 189 Å². The number of hydrogen-bond acceptors (Lipinski definition) is 16. The van der Waals surface area contributed by atoms with Gasteiger partial charge in [-0.05, 0) is 44.2 Å². The van der Waals surface area contributed by atoms with Crippen molar-refractivity contribution in [2.75, 3.05) is 48.2 Å². The van der Waals surface area contributed by atoms with Gasteiger partial charge in [-0.1, -0.05) is 30.3 Å². The number of nitrogens with zero attached hydrogens (tertiary/aromatic N) is 4. The Hall–Kier alpha value is -6.30. The summed E-state index contributed by atoms with van der Waals surface area (Å²) in [5.74, 6) is 0.244. The van der Waals surface area contributed by atoms with E-state index in [-0.39, 0.29) is 42.6 Å². The fourth-order valence-electron chi connectivity index (χ4n) is 5.61. The van der Waals surface area contributed by atoms with Crippen LogP contribution in [0.1, 0.15) is 45.3 Å². The Labute approximate surface area is 342 Å². The van der Waals surface area contributed by atoms with Crippen LogP contribution in [-0.4, -0.2) is 96.2 Å². The van der Waals surface area contributed by atoms with Crippen LogP contribution in [0, 0.1) is 0 Å². The Bertz CT molecular complexity index is 2380. The number of esters is 2. The van der Waals surface area contributed by atoms with Gasteiger partial charge in [0.15, 0.2) is 11.4 Å². The van der Waals surface area contributed by atoms with Crippen LogP contribution in [0.15, 0.2) is 72.9 Å². The van der Waals surface area contributed by atoms with Crippen LogP contribution in [-0.2, 0) is 27.4 Å². The third kappa shape index (κ3) is 10.6. The van der Waals surface area contributed by atoms with Gasteiger partial charge in [0.2, 0.25) is 0 Å². The Morgan fingerprint density at radius 3 is 1.95 bits per heavy atom. The number of pyridine rings is 1. The molecule has 2 N–H and O–H groups in total. The molecule has 3 heterocycles. The number of thiazole rings is 2. The van der Waals surface area contributed by atoms with Crippen LogP contribution in [0.25, 0.3) is 31.4 Å². The summed E-state index contributed by atoms with van der Waals surface area (Å²) in [6.07, 6.45) is 1.46. The van der Waals surface area contributed by atoms with Crippen molar-refractivity contribution >= 4 is 50.8 Å². The number of hydrogen-bond donors (Lipinski definition) is 2. The predicted octanol–water partition coefficient (Wildman–Crippen LogP) is 7.35. The Morgan fingerprint density at radius 2 is 1.36 bits per heavy atom. The molecule has 6 aromatic rings. The lowest BCUT2D eigenvalue weighted by atomic mass is 10.1. The lowest BCUT2D eigenvalue weighted by Crippen LogP contribution is -2.31. The molecule has 6 rings (SSSR count). The van der Waals surface area contributed by atoms with Gasteiger partial charge in [0, 0.05) is 35.8 Å². The molecule has 0 unspecified atom stereocenters. The van der Waals surface area contributed by atoms with Gasteiger partial charge in [-0.25, -0.2) is 24.5 Å². The zero-order valence-corrected chi connectivity index (χ0v) is 34.3. The van der Waals surface area contributed by atoms with E-state index in [9.17, 15) is 24.6 Å². The number of benzene rings is 3. The molecule has 3 aromatic carbocycles.